The highest BCUT2D eigenvalue weighted by atomic mass is 16.5. The van der Waals surface area contributed by atoms with Crippen LogP contribution in [0.15, 0.2) is 54.7 Å². The number of hydrogen-bond donors (Lipinski definition) is 1. The van der Waals surface area contributed by atoms with E-state index >= 15 is 0 Å². The lowest BCUT2D eigenvalue weighted by Gasteiger charge is -2.12. The molecule has 3 rings (SSSR count). The molecule has 3 aromatic rings. The highest BCUT2D eigenvalue weighted by Gasteiger charge is 2.21. The Morgan fingerprint density at radius 3 is 2.43 bits per heavy atom. The summed E-state index contributed by atoms with van der Waals surface area (Å²) < 4.78 is 17.1. The van der Waals surface area contributed by atoms with Crippen molar-refractivity contribution < 1.29 is 23.8 Å². The normalized spacial score (nSPS) is 10.4. The highest BCUT2D eigenvalue weighted by molar-refractivity contribution is 6.01. The average Bonchev–Trinajstić information content (AvgIpc) is 3.17. The van der Waals surface area contributed by atoms with Gasteiger partial charge >= 0.3 is 5.97 Å². The van der Waals surface area contributed by atoms with Gasteiger partial charge in [-0.1, -0.05) is 24.3 Å². The van der Waals surface area contributed by atoms with Gasteiger partial charge in [-0.3, -0.25) is 4.79 Å². The van der Waals surface area contributed by atoms with Gasteiger partial charge in [0.15, 0.2) is 17.3 Å². The third-order valence-corrected chi connectivity index (χ3v) is 4.34. The van der Waals surface area contributed by atoms with Gasteiger partial charge < -0.3 is 19.5 Å². The fourth-order valence-corrected chi connectivity index (χ4v) is 2.94. The number of methoxy groups -OCH3 is 2. The van der Waals surface area contributed by atoms with Crippen molar-refractivity contribution in [2.45, 2.75) is 13.3 Å². The van der Waals surface area contributed by atoms with Gasteiger partial charge in [-0.05, 0) is 36.8 Å². The SMILES string of the molecule is CCOC(=O)c1cnn(-c2ccccc2)c1NC(=O)Cc1ccc(OC)c(OC)c1. The van der Waals surface area contributed by atoms with Crippen molar-refractivity contribution in [2.24, 2.45) is 0 Å². The maximum absolute atomic E-state index is 12.8. The molecule has 0 unspecified atom stereocenters. The Labute approximate surface area is 174 Å². The molecule has 1 amide bonds. The maximum Gasteiger partial charge on any atom is 0.343 e. The van der Waals surface area contributed by atoms with Gasteiger partial charge in [-0.2, -0.15) is 5.10 Å². The molecule has 1 aromatic heterocycles. The molecule has 0 bridgehead atoms. The van der Waals surface area contributed by atoms with Gasteiger partial charge in [0.05, 0.1) is 39.1 Å². The van der Waals surface area contributed by atoms with Crippen molar-refractivity contribution in [3.8, 4) is 17.2 Å². The number of rotatable bonds is 8. The molecule has 0 radical (unpaired) electrons. The molecule has 0 spiro atoms. The molecule has 0 saturated carbocycles. The topological polar surface area (TPSA) is 91.7 Å². The molecule has 0 aliphatic heterocycles. The van der Waals surface area contributed by atoms with Crippen LogP contribution in [0.3, 0.4) is 0 Å². The van der Waals surface area contributed by atoms with E-state index in [-0.39, 0.29) is 30.3 Å². The predicted octanol–water partition coefficient (Wildman–Crippen LogP) is 3.25. The minimum atomic E-state index is -0.555. The molecule has 0 atom stereocenters. The van der Waals surface area contributed by atoms with Crippen molar-refractivity contribution in [1.29, 1.82) is 0 Å². The first-order chi connectivity index (χ1) is 14.6. The van der Waals surface area contributed by atoms with Crippen LogP contribution in [0.1, 0.15) is 22.8 Å². The van der Waals surface area contributed by atoms with E-state index in [2.05, 4.69) is 10.4 Å². The van der Waals surface area contributed by atoms with E-state index in [1.165, 1.54) is 18.0 Å². The minimum absolute atomic E-state index is 0.0720. The lowest BCUT2D eigenvalue weighted by molar-refractivity contribution is -0.115. The van der Waals surface area contributed by atoms with Crippen molar-refractivity contribution in [2.75, 3.05) is 26.1 Å². The lowest BCUT2D eigenvalue weighted by Crippen LogP contribution is -2.19. The zero-order chi connectivity index (χ0) is 21.5. The number of nitrogens with zero attached hydrogens (tertiary/aromatic N) is 2. The predicted molar refractivity (Wildman–Crippen MR) is 111 cm³/mol. The number of anilines is 1. The highest BCUT2D eigenvalue weighted by Crippen LogP contribution is 2.28. The van der Waals surface area contributed by atoms with Crippen LogP contribution in [-0.2, 0) is 16.0 Å². The van der Waals surface area contributed by atoms with E-state index in [9.17, 15) is 9.59 Å². The van der Waals surface area contributed by atoms with Crippen molar-refractivity contribution in [3.05, 3.63) is 65.9 Å². The Balaban J connectivity index is 1.88. The fourth-order valence-electron chi connectivity index (χ4n) is 2.94. The van der Waals surface area contributed by atoms with Crippen LogP contribution >= 0.6 is 0 Å². The van der Waals surface area contributed by atoms with Crippen molar-refractivity contribution in [1.82, 2.24) is 9.78 Å². The summed E-state index contributed by atoms with van der Waals surface area (Å²) >= 11 is 0. The number of para-hydroxylation sites is 1. The van der Waals surface area contributed by atoms with Gasteiger partial charge in [0.1, 0.15) is 5.56 Å². The standard InChI is InChI=1S/C22H23N3O5/c1-4-30-22(27)17-14-23-25(16-8-6-5-7-9-16)21(17)24-20(26)13-15-10-11-18(28-2)19(12-15)29-3/h5-12,14H,4,13H2,1-3H3,(H,24,26). The Morgan fingerprint density at radius 2 is 1.77 bits per heavy atom. The molecule has 156 valence electrons. The molecule has 2 aromatic carbocycles. The number of aromatic nitrogens is 2. The van der Waals surface area contributed by atoms with Crippen LogP contribution in [0.25, 0.3) is 5.69 Å². The second-order valence-electron chi connectivity index (χ2n) is 6.29. The van der Waals surface area contributed by atoms with Crippen LogP contribution in [0.5, 0.6) is 11.5 Å². The molecule has 1 heterocycles. The van der Waals surface area contributed by atoms with Crippen molar-refractivity contribution in [3.63, 3.8) is 0 Å². The molecule has 0 fully saturated rings. The smallest absolute Gasteiger partial charge is 0.343 e. The first-order valence-corrected chi connectivity index (χ1v) is 9.38. The Bertz CT molecular complexity index is 1030. The van der Waals surface area contributed by atoms with Gasteiger partial charge in [-0.25, -0.2) is 9.48 Å². The number of nitrogens with one attached hydrogen (secondary N) is 1. The van der Waals surface area contributed by atoms with E-state index in [0.717, 1.165) is 5.56 Å². The molecule has 0 saturated heterocycles. The second kappa shape index (κ2) is 9.60. The molecule has 8 nitrogen and oxygen atoms in total. The zero-order valence-electron chi connectivity index (χ0n) is 17.0. The third-order valence-electron chi connectivity index (χ3n) is 4.34. The van der Waals surface area contributed by atoms with Gasteiger partial charge in [0, 0.05) is 0 Å². The first kappa shape index (κ1) is 20.9. The summed E-state index contributed by atoms with van der Waals surface area (Å²) in [5.41, 5.74) is 1.62. The average molecular weight is 409 g/mol. The van der Waals surface area contributed by atoms with Gasteiger partial charge in [0.25, 0.3) is 0 Å². The molecule has 8 heteroatoms. The maximum atomic E-state index is 12.8. The molecule has 0 aliphatic carbocycles. The largest absolute Gasteiger partial charge is 0.493 e. The van der Waals surface area contributed by atoms with Crippen LogP contribution in [-0.4, -0.2) is 42.5 Å². The second-order valence-corrected chi connectivity index (χ2v) is 6.29. The van der Waals surface area contributed by atoms with Gasteiger partial charge in [0.2, 0.25) is 5.91 Å². The number of esters is 1. The van der Waals surface area contributed by atoms with E-state index in [4.69, 9.17) is 14.2 Å². The Morgan fingerprint density at radius 1 is 1.03 bits per heavy atom. The van der Waals surface area contributed by atoms with E-state index in [0.29, 0.717) is 17.2 Å². The number of carbonyl (C=O) groups excluding carboxylic acids is 2. The molecular weight excluding hydrogens is 386 g/mol. The summed E-state index contributed by atoms with van der Waals surface area (Å²) in [4.78, 5) is 25.1. The van der Waals surface area contributed by atoms with Gasteiger partial charge in [-0.15, -0.1) is 0 Å². The third kappa shape index (κ3) is 4.60. The summed E-state index contributed by atoms with van der Waals surface area (Å²) in [6.07, 6.45) is 1.46. The first-order valence-electron chi connectivity index (χ1n) is 9.38. The lowest BCUT2D eigenvalue weighted by atomic mass is 10.1. The summed E-state index contributed by atoms with van der Waals surface area (Å²) in [7, 11) is 3.08. The number of amides is 1. The minimum Gasteiger partial charge on any atom is -0.493 e. The molecular formula is C22H23N3O5. The number of carbonyl (C=O) groups is 2. The number of benzene rings is 2. The van der Waals surface area contributed by atoms with Crippen LogP contribution in [0.4, 0.5) is 5.82 Å². The van der Waals surface area contributed by atoms with Crippen LogP contribution < -0.4 is 14.8 Å². The summed E-state index contributed by atoms with van der Waals surface area (Å²) in [5.74, 6) is 0.495. The summed E-state index contributed by atoms with van der Waals surface area (Å²) in [5, 5.41) is 7.06. The molecule has 30 heavy (non-hydrogen) atoms. The molecule has 0 aliphatic rings. The summed E-state index contributed by atoms with van der Waals surface area (Å²) in [6, 6.07) is 14.5. The zero-order valence-corrected chi connectivity index (χ0v) is 17.0. The van der Waals surface area contributed by atoms with Crippen LogP contribution in [0.2, 0.25) is 0 Å². The quantitative estimate of drug-likeness (QED) is 0.574. The summed E-state index contributed by atoms with van der Waals surface area (Å²) in [6.45, 7) is 1.93. The number of ether oxygens (including phenoxy) is 3. The number of hydrogen-bond acceptors (Lipinski definition) is 6. The van der Waals surface area contributed by atoms with E-state index in [1.807, 2.05) is 30.3 Å². The van der Waals surface area contributed by atoms with E-state index in [1.54, 1.807) is 32.2 Å². The molecule has 1 N–H and O–H groups in total. The Hall–Kier alpha value is -3.81. The monoisotopic (exact) mass is 409 g/mol. The van der Waals surface area contributed by atoms with E-state index < -0.39 is 5.97 Å². The van der Waals surface area contributed by atoms with Crippen molar-refractivity contribution >= 4 is 17.7 Å². The fraction of sp³-hybridized carbons (Fsp3) is 0.227. The Kier molecular flexibility index (Phi) is 6.69. The van der Waals surface area contributed by atoms with Crippen LogP contribution in [0, 0.1) is 0 Å².